The maximum absolute atomic E-state index is 12.7. The SMILES string of the molecule is O=C(Nc1ccc(Oc2cccc(C(F)(F)F)c2)cc1)c1nccnc1O. The fraction of sp³-hybridized carbons (Fsp3) is 0.0556. The van der Waals surface area contributed by atoms with Crippen LogP contribution in [0.25, 0.3) is 0 Å². The molecule has 0 spiro atoms. The van der Waals surface area contributed by atoms with Crippen molar-refractivity contribution in [1.29, 1.82) is 0 Å². The van der Waals surface area contributed by atoms with Crippen molar-refractivity contribution in [3.05, 3.63) is 72.2 Å². The number of aromatic nitrogens is 2. The zero-order valence-corrected chi connectivity index (χ0v) is 13.6. The molecule has 1 heterocycles. The first-order chi connectivity index (χ1) is 12.8. The lowest BCUT2D eigenvalue weighted by Crippen LogP contribution is -2.14. The topological polar surface area (TPSA) is 84.3 Å². The Labute approximate surface area is 151 Å². The molecule has 3 rings (SSSR count). The van der Waals surface area contributed by atoms with Crippen molar-refractivity contribution in [3.8, 4) is 17.4 Å². The summed E-state index contributed by atoms with van der Waals surface area (Å²) in [6, 6.07) is 10.4. The van der Waals surface area contributed by atoms with E-state index in [-0.39, 0.29) is 17.2 Å². The molecule has 0 saturated carbocycles. The zero-order valence-electron chi connectivity index (χ0n) is 13.6. The van der Waals surface area contributed by atoms with Crippen LogP contribution in [0.15, 0.2) is 60.9 Å². The number of carbonyl (C=O) groups excluding carboxylic acids is 1. The van der Waals surface area contributed by atoms with Crippen LogP contribution in [-0.4, -0.2) is 21.0 Å². The molecule has 1 aromatic heterocycles. The lowest BCUT2D eigenvalue weighted by molar-refractivity contribution is -0.137. The molecule has 0 aliphatic heterocycles. The number of hydrogen-bond donors (Lipinski definition) is 2. The Morgan fingerprint density at radius 3 is 2.37 bits per heavy atom. The van der Waals surface area contributed by atoms with E-state index in [0.717, 1.165) is 12.1 Å². The van der Waals surface area contributed by atoms with Gasteiger partial charge in [-0.3, -0.25) is 4.79 Å². The van der Waals surface area contributed by atoms with E-state index in [1.165, 1.54) is 48.8 Å². The van der Waals surface area contributed by atoms with Crippen LogP contribution in [0.3, 0.4) is 0 Å². The molecule has 27 heavy (non-hydrogen) atoms. The van der Waals surface area contributed by atoms with Gasteiger partial charge in [0.1, 0.15) is 11.5 Å². The van der Waals surface area contributed by atoms with Gasteiger partial charge in [-0.2, -0.15) is 13.2 Å². The minimum absolute atomic E-state index is 0.0334. The number of carbonyl (C=O) groups is 1. The summed E-state index contributed by atoms with van der Waals surface area (Å²) < 4.78 is 43.6. The molecule has 0 atom stereocenters. The molecular weight excluding hydrogens is 363 g/mol. The van der Waals surface area contributed by atoms with Gasteiger partial charge < -0.3 is 15.2 Å². The molecule has 0 aliphatic rings. The van der Waals surface area contributed by atoms with Crippen LogP contribution in [-0.2, 0) is 6.18 Å². The highest BCUT2D eigenvalue weighted by atomic mass is 19.4. The summed E-state index contributed by atoms with van der Waals surface area (Å²) in [6.45, 7) is 0. The van der Waals surface area contributed by atoms with Crippen LogP contribution >= 0.6 is 0 Å². The van der Waals surface area contributed by atoms with Crippen molar-refractivity contribution in [1.82, 2.24) is 9.97 Å². The first kappa shape index (κ1) is 18.2. The van der Waals surface area contributed by atoms with Gasteiger partial charge in [0.2, 0.25) is 5.88 Å². The first-order valence-corrected chi connectivity index (χ1v) is 7.59. The average molecular weight is 375 g/mol. The van der Waals surface area contributed by atoms with Crippen molar-refractivity contribution in [3.63, 3.8) is 0 Å². The van der Waals surface area contributed by atoms with Gasteiger partial charge in [-0.15, -0.1) is 0 Å². The van der Waals surface area contributed by atoms with E-state index < -0.39 is 23.5 Å². The van der Waals surface area contributed by atoms with Crippen LogP contribution in [0.2, 0.25) is 0 Å². The maximum Gasteiger partial charge on any atom is 0.416 e. The quantitative estimate of drug-likeness (QED) is 0.712. The van der Waals surface area contributed by atoms with E-state index in [4.69, 9.17) is 4.74 Å². The van der Waals surface area contributed by atoms with Gasteiger partial charge in [0.15, 0.2) is 5.69 Å². The van der Waals surface area contributed by atoms with Crippen LogP contribution in [0.4, 0.5) is 18.9 Å². The minimum atomic E-state index is -4.46. The molecule has 3 aromatic rings. The van der Waals surface area contributed by atoms with Crippen molar-refractivity contribution < 1.29 is 27.8 Å². The number of rotatable bonds is 4. The number of amides is 1. The molecule has 0 aliphatic carbocycles. The second kappa shape index (κ2) is 7.32. The molecular formula is C18H12F3N3O3. The van der Waals surface area contributed by atoms with Gasteiger partial charge in [-0.1, -0.05) is 6.07 Å². The zero-order chi connectivity index (χ0) is 19.4. The number of nitrogens with zero attached hydrogens (tertiary/aromatic N) is 2. The van der Waals surface area contributed by atoms with E-state index >= 15 is 0 Å². The Morgan fingerprint density at radius 1 is 1.00 bits per heavy atom. The van der Waals surface area contributed by atoms with Gasteiger partial charge in [0.05, 0.1) is 5.56 Å². The Balaban J connectivity index is 1.69. The second-order valence-corrected chi connectivity index (χ2v) is 5.33. The van der Waals surface area contributed by atoms with Crippen LogP contribution in [0, 0.1) is 0 Å². The van der Waals surface area contributed by atoms with Gasteiger partial charge >= 0.3 is 6.18 Å². The molecule has 0 unspecified atom stereocenters. The number of ether oxygens (including phenoxy) is 1. The van der Waals surface area contributed by atoms with E-state index in [1.54, 1.807) is 0 Å². The fourth-order valence-electron chi connectivity index (χ4n) is 2.16. The molecule has 1 amide bonds. The highest BCUT2D eigenvalue weighted by Gasteiger charge is 2.30. The Kier molecular flexibility index (Phi) is 4.93. The largest absolute Gasteiger partial charge is 0.492 e. The maximum atomic E-state index is 12.7. The van der Waals surface area contributed by atoms with Gasteiger partial charge in [0.25, 0.3) is 5.91 Å². The van der Waals surface area contributed by atoms with Gasteiger partial charge in [-0.05, 0) is 42.5 Å². The van der Waals surface area contributed by atoms with Gasteiger partial charge in [-0.25, -0.2) is 9.97 Å². The number of halogens is 3. The summed E-state index contributed by atoms with van der Waals surface area (Å²) in [7, 11) is 0. The Hall–Kier alpha value is -3.62. The molecule has 2 aromatic carbocycles. The third kappa shape index (κ3) is 4.51. The Morgan fingerprint density at radius 2 is 1.70 bits per heavy atom. The normalized spacial score (nSPS) is 11.1. The minimum Gasteiger partial charge on any atom is -0.492 e. The van der Waals surface area contributed by atoms with E-state index in [2.05, 4.69) is 15.3 Å². The summed E-state index contributed by atoms with van der Waals surface area (Å²) in [4.78, 5) is 19.3. The van der Waals surface area contributed by atoms with Crippen LogP contribution < -0.4 is 10.1 Å². The number of nitrogens with one attached hydrogen (secondary N) is 1. The van der Waals surface area contributed by atoms with Crippen molar-refractivity contribution in [2.24, 2.45) is 0 Å². The molecule has 138 valence electrons. The third-order valence-corrected chi connectivity index (χ3v) is 3.40. The summed E-state index contributed by atoms with van der Waals surface area (Å²) >= 11 is 0. The number of aromatic hydroxyl groups is 1. The summed E-state index contributed by atoms with van der Waals surface area (Å²) in [5, 5.41) is 12.0. The average Bonchev–Trinajstić information content (AvgIpc) is 2.63. The summed E-state index contributed by atoms with van der Waals surface area (Å²) in [5.41, 5.74) is -0.670. The molecule has 2 N–H and O–H groups in total. The van der Waals surface area contributed by atoms with Crippen LogP contribution in [0.5, 0.6) is 17.4 Å². The number of alkyl halides is 3. The molecule has 0 radical (unpaired) electrons. The van der Waals surface area contributed by atoms with E-state index in [9.17, 15) is 23.1 Å². The fourth-order valence-corrected chi connectivity index (χ4v) is 2.16. The smallest absolute Gasteiger partial charge is 0.416 e. The monoisotopic (exact) mass is 375 g/mol. The molecule has 6 nitrogen and oxygen atoms in total. The van der Waals surface area contributed by atoms with Gasteiger partial charge in [0, 0.05) is 18.1 Å². The van der Waals surface area contributed by atoms with Crippen molar-refractivity contribution in [2.75, 3.05) is 5.32 Å². The van der Waals surface area contributed by atoms with Crippen LogP contribution in [0.1, 0.15) is 16.1 Å². The standard InChI is InChI=1S/C18H12F3N3O3/c19-18(20,21)11-2-1-3-14(10-11)27-13-6-4-12(5-7-13)24-17(26)15-16(25)23-9-8-22-15/h1-10H,(H,23,25)(H,24,26). The van der Waals surface area contributed by atoms with Crippen molar-refractivity contribution >= 4 is 11.6 Å². The third-order valence-electron chi connectivity index (χ3n) is 3.40. The summed E-state index contributed by atoms with van der Waals surface area (Å²) in [5.74, 6) is -0.840. The second-order valence-electron chi connectivity index (χ2n) is 5.33. The predicted octanol–water partition coefficient (Wildman–Crippen LogP) is 4.25. The molecule has 0 bridgehead atoms. The first-order valence-electron chi connectivity index (χ1n) is 7.59. The highest BCUT2D eigenvalue weighted by molar-refractivity contribution is 6.04. The molecule has 0 fully saturated rings. The Bertz CT molecular complexity index is 960. The predicted molar refractivity (Wildman–Crippen MR) is 89.6 cm³/mol. The van der Waals surface area contributed by atoms with E-state index in [0.29, 0.717) is 5.69 Å². The van der Waals surface area contributed by atoms with E-state index in [1.807, 2.05) is 0 Å². The number of anilines is 1. The van der Waals surface area contributed by atoms with Crippen molar-refractivity contribution in [2.45, 2.75) is 6.18 Å². The molecule has 9 heteroatoms. The summed E-state index contributed by atoms with van der Waals surface area (Å²) in [6.07, 6.45) is -1.95. The lowest BCUT2D eigenvalue weighted by Gasteiger charge is -2.10. The number of benzene rings is 2. The number of hydrogen-bond acceptors (Lipinski definition) is 5. The molecule has 0 saturated heterocycles. The highest BCUT2D eigenvalue weighted by Crippen LogP contribution is 2.32. The lowest BCUT2D eigenvalue weighted by atomic mass is 10.2.